The third-order valence-electron chi connectivity index (χ3n) is 5.80. The van der Waals surface area contributed by atoms with Crippen molar-refractivity contribution in [3.63, 3.8) is 0 Å². The summed E-state index contributed by atoms with van der Waals surface area (Å²) in [5.41, 5.74) is 7.90. The van der Waals surface area contributed by atoms with Crippen LogP contribution in [-0.2, 0) is 4.79 Å². The quantitative estimate of drug-likeness (QED) is 0.787. The van der Waals surface area contributed by atoms with Crippen LogP contribution in [0.25, 0.3) is 0 Å². The van der Waals surface area contributed by atoms with E-state index < -0.39 is 0 Å². The van der Waals surface area contributed by atoms with Gasteiger partial charge in [-0.15, -0.1) is 0 Å². The molecule has 3 N–H and O–H groups in total. The molecule has 5 nitrogen and oxygen atoms in total. The van der Waals surface area contributed by atoms with Crippen molar-refractivity contribution >= 4 is 11.6 Å². The molecule has 130 valence electrons. The van der Waals surface area contributed by atoms with Crippen molar-refractivity contribution in [3.8, 4) is 0 Å². The fraction of sp³-hybridized carbons (Fsp3) is 0.632. The Labute approximate surface area is 144 Å². The van der Waals surface area contributed by atoms with Gasteiger partial charge < -0.3 is 10.2 Å². The van der Waals surface area contributed by atoms with E-state index in [-0.39, 0.29) is 17.9 Å². The van der Waals surface area contributed by atoms with E-state index in [0.717, 1.165) is 25.9 Å². The highest BCUT2D eigenvalue weighted by Gasteiger charge is 2.46. The van der Waals surface area contributed by atoms with Gasteiger partial charge in [-0.25, -0.2) is 0 Å². The van der Waals surface area contributed by atoms with Crippen LogP contribution in [0.5, 0.6) is 0 Å². The van der Waals surface area contributed by atoms with E-state index in [9.17, 15) is 4.79 Å². The zero-order chi connectivity index (χ0) is 16.5. The third-order valence-corrected chi connectivity index (χ3v) is 5.80. The van der Waals surface area contributed by atoms with Gasteiger partial charge in [0.2, 0.25) is 5.91 Å². The van der Waals surface area contributed by atoms with E-state index in [1.165, 1.54) is 18.5 Å². The first kappa shape index (κ1) is 15.9. The summed E-state index contributed by atoms with van der Waals surface area (Å²) in [6.07, 6.45) is 4.56. The van der Waals surface area contributed by atoms with E-state index in [1.807, 2.05) is 0 Å². The van der Waals surface area contributed by atoms with Gasteiger partial charge in [-0.3, -0.25) is 15.6 Å². The Kier molecular flexibility index (Phi) is 4.46. The van der Waals surface area contributed by atoms with Gasteiger partial charge in [0, 0.05) is 36.9 Å². The summed E-state index contributed by atoms with van der Waals surface area (Å²) < 4.78 is 0. The molecule has 0 aromatic heterocycles. The molecule has 1 aromatic carbocycles. The Balaban J connectivity index is 1.31. The fourth-order valence-corrected chi connectivity index (χ4v) is 4.19. The number of hydrogen-bond donors (Lipinski definition) is 3. The number of piperidine rings is 1. The predicted octanol–water partition coefficient (Wildman–Crippen LogP) is 1.66. The number of nitrogens with one attached hydrogen (secondary N) is 3. The lowest BCUT2D eigenvalue weighted by Gasteiger charge is -2.35. The summed E-state index contributed by atoms with van der Waals surface area (Å²) in [5.74, 6) is 0.970. The zero-order valence-electron chi connectivity index (χ0n) is 14.4. The Bertz CT molecular complexity index is 566. The number of para-hydroxylation sites is 1. The van der Waals surface area contributed by atoms with Gasteiger partial charge in [-0.2, -0.15) is 0 Å². The van der Waals surface area contributed by atoms with E-state index >= 15 is 0 Å². The predicted molar refractivity (Wildman–Crippen MR) is 95.6 cm³/mol. The molecule has 2 aliphatic heterocycles. The second kappa shape index (κ2) is 6.73. The average molecular weight is 328 g/mol. The Morgan fingerprint density at radius 3 is 2.46 bits per heavy atom. The molecule has 3 unspecified atom stereocenters. The molecule has 24 heavy (non-hydrogen) atoms. The summed E-state index contributed by atoms with van der Waals surface area (Å²) in [7, 11) is 0. The molecule has 4 rings (SSSR count). The SMILES string of the molecule is CC1NNC(C2CC2)C1C(=O)NC1CCN(c2ccccc2)CC1. The van der Waals surface area contributed by atoms with Crippen molar-refractivity contribution in [2.24, 2.45) is 11.8 Å². The van der Waals surface area contributed by atoms with Gasteiger partial charge in [-0.05, 0) is 50.7 Å². The first-order chi connectivity index (χ1) is 11.7. The van der Waals surface area contributed by atoms with Crippen LogP contribution in [0.1, 0.15) is 32.6 Å². The van der Waals surface area contributed by atoms with Gasteiger partial charge in [0.05, 0.1) is 5.92 Å². The third kappa shape index (κ3) is 3.28. The number of carbonyl (C=O) groups is 1. The maximum absolute atomic E-state index is 12.8. The van der Waals surface area contributed by atoms with Crippen LogP contribution in [0.2, 0.25) is 0 Å². The molecule has 1 saturated carbocycles. The molecule has 1 aliphatic carbocycles. The van der Waals surface area contributed by atoms with Crippen molar-refractivity contribution < 1.29 is 4.79 Å². The largest absolute Gasteiger partial charge is 0.371 e. The highest BCUT2D eigenvalue weighted by molar-refractivity contribution is 5.81. The van der Waals surface area contributed by atoms with Crippen LogP contribution in [0.15, 0.2) is 30.3 Å². The van der Waals surface area contributed by atoms with Crippen molar-refractivity contribution in [2.45, 2.75) is 50.7 Å². The minimum Gasteiger partial charge on any atom is -0.371 e. The first-order valence-corrected chi connectivity index (χ1v) is 9.34. The van der Waals surface area contributed by atoms with Gasteiger partial charge in [0.15, 0.2) is 0 Å². The summed E-state index contributed by atoms with van der Waals surface area (Å²) in [6.45, 7) is 4.13. The minimum atomic E-state index is 0.0599. The Hall–Kier alpha value is -1.59. The van der Waals surface area contributed by atoms with Crippen LogP contribution in [0.4, 0.5) is 5.69 Å². The summed E-state index contributed by atoms with van der Waals surface area (Å²) in [4.78, 5) is 15.2. The molecule has 1 aromatic rings. The zero-order valence-corrected chi connectivity index (χ0v) is 14.4. The number of amides is 1. The van der Waals surface area contributed by atoms with Crippen LogP contribution < -0.4 is 21.1 Å². The van der Waals surface area contributed by atoms with E-state index in [0.29, 0.717) is 18.0 Å². The number of rotatable bonds is 4. The van der Waals surface area contributed by atoms with Crippen LogP contribution in [0.3, 0.4) is 0 Å². The number of carbonyl (C=O) groups excluding carboxylic acids is 1. The average Bonchev–Trinajstić information content (AvgIpc) is 3.38. The molecule has 3 atom stereocenters. The normalized spacial score (nSPS) is 31.2. The van der Waals surface area contributed by atoms with Gasteiger partial charge in [-0.1, -0.05) is 18.2 Å². The Morgan fingerprint density at radius 1 is 1.08 bits per heavy atom. The summed E-state index contributed by atoms with van der Waals surface area (Å²) in [6, 6.07) is 11.4. The smallest absolute Gasteiger partial charge is 0.226 e. The van der Waals surface area contributed by atoms with Crippen molar-refractivity contribution in [1.29, 1.82) is 0 Å². The lowest BCUT2D eigenvalue weighted by atomic mass is 9.90. The number of benzene rings is 1. The molecule has 3 aliphatic rings. The van der Waals surface area contributed by atoms with E-state index in [4.69, 9.17) is 0 Å². The summed E-state index contributed by atoms with van der Waals surface area (Å²) >= 11 is 0. The fourth-order valence-electron chi connectivity index (χ4n) is 4.19. The van der Waals surface area contributed by atoms with E-state index in [1.54, 1.807) is 0 Å². The highest BCUT2D eigenvalue weighted by atomic mass is 16.2. The van der Waals surface area contributed by atoms with Crippen LogP contribution in [0, 0.1) is 11.8 Å². The monoisotopic (exact) mass is 328 g/mol. The van der Waals surface area contributed by atoms with E-state index in [2.05, 4.69) is 58.3 Å². The number of hydrazine groups is 1. The molecule has 2 heterocycles. The van der Waals surface area contributed by atoms with Crippen molar-refractivity contribution in [2.75, 3.05) is 18.0 Å². The highest BCUT2D eigenvalue weighted by Crippen LogP contribution is 2.38. The summed E-state index contributed by atoms with van der Waals surface area (Å²) in [5, 5.41) is 3.33. The molecular weight excluding hydrogens is 300 g/mol. The second-order valence-electron chi connectivity index (χ2n) is 7.57. The molecule has 5 heteroatoms. The second-order valence-corrected chi connectivity index (χ2v) is 7.57. The first-order valence-electron chi connectivity index (χ1n) is 9.34. The molecule has 0 radical (unpaired) electrons. The Morgan fingerprint density at radius 2 is 1.79 bits per heavy atom. The standard InChI is InChI=1S/C19H28N4O/c1-13-17(18(22-21-13)14-7-8-14)19(24)20-15-9-11-23(12-10-15)16-5-3-2-4-6-16/h2-6,13-15,17-18,21-22H,7-12H2,1H3,(H,20,24). The van der Waals surface area contributed by atoms with Gasteiger partial charge in [0.25, 0.3) is 0 Å². The molecule has 3 fully saturated rings. The number of hydrogen-bond acceptors (Lipinski definition) is 4. The molecule has 1 amide bonds. The lowest BCUT2D eigenvalue weighted by Crippen LogP contribution is -2.49. The van der Waals surface area contributed by atoms with Crippen molar-refractivity contribution in [3.05, 3.63) is 30.3 Å². The topological polar surface area (TPSA) is 56.4 Å². The molecule has 2 saturated heterocycles. The van der Waals surface area contributed by atoms with Crippen molar-refractivity contribution in [1.82, 2.24) is 16.2 Å². The number of nitrogens with zero attached hydrogens (tertiary/aromatic N) is 1. The molecular formula is C19H28N4O. The lowest BCUT2D eigenvalue weighted by molar-refractivity contribution is -0.126. The maximum atomic E-state index is 12.8. The van der Waals surface area contributed by atoms with Gasteiger partial charge >= 0.3 is 0 Å². The van der Waals surface area contributed by atoms with Gasteiger partial charge in [0.1, 0.15) is 0 Å². The molecule has 0 spiro atoms. The molecule has 0 bridgehead atoms. The number of anilines is 1. The van der Waals surface area contributed by atoms with Crippen LogP contribution in [-0.4, -0.2) is 37.1 Å². The maximum Gasteiger partial charge on any atom is 0.226 e. The minimum absolute atomic E-state index is 0.0599. The van der Waals surface area contributed by atoms with Crippen LogP contribution >= 0.6 is 0 Å².